The van der Waals surface area contributed by atoms with Crippen molar-refractivity contribution in [1.29, 1.82) is 0 Å². The molecule has 0 aliphatic heterocycles. The maximum atomic E-state index is 14.5. The minimum absolute atomic E-state index is 0.206. The zero-order chi connectivity index (χ0) is 27.3. The lowest BCUT2D eigenvalue weighted by atomic mass is 9.83. The first-order chi connectivity index (χ1) is 17.1. The van der Waals surface area contributed by atoms with Crippen molar-refractivity contribution < 1.29 is 39.5 Å². The van der Waals surface area contributed by atoms with Crippen LogP contribution in [0.15, 0.2) is 48.7 Å². The van der Waals surface area contributed by atoms with E-state index in [1.54, 1.807) is 0 Å². The average molecular weight is 531 g/mol. The van der Waals surface area contributed by atoms with Crippen molar-refractivity contribution >= 4 is 0 Å². The summed E-state index contributed by atoms with van der Waals surface area (Å²) in [5, 5.41) is 3.32. The number of aromatic nitrogens is 5. The Morgan fingerprint density at radius 1 is 0.703 bits per heavy atom. The third-order valence-corrected chi connectivity index (χ3v) is 5.41. The molecule has 0 saturated heterocycles. The molecule has 194 valence electrons. The fourth-order valence-corrected chi connectivity index (χ4v) is 3.41. The second-order valence-corrected chi connectivity index (χ2v) is 8.39. The minimum atomic E-state index is -4.91. The van der Waals surface area contributed by atoms with Crippen LogP contribution >= 0.6 is 0 Å². The van der Waals surface area contributed by atoms with Gasteiger partial charge in [0.15, 0.2) is 11.5 Å². The van der Waals surface area contributed by atoms with Gasteiger partial charge in [-0.2, -0.15) is 45.2 Å². The van der Waals surface area contributed by atoms with Crippen LogP contribution in [0.5, 0.6) is 0 Å². The van der Waals surface area contributed by atoms with Gasteiger partial charge in [0.05, 0.1) is 28.2 Å². The minimum Gasteiger partial charge on any atom is -0.252 e. The lowest BCUT2D eigenvalue weighted by Gasteiger charge is -2.26. The molecule has 0 spiro atoms. The van der Waals surface area contributed by atoms with Crippen LogP contribution < -0.4 is 0 Å². The quantitative estimate of drug-likeness (QED) is 0.223. The summed E-state index contributed by atoms with van der Waals surface area (Å²) in [6.45, 7) is 2.68. The van der Waals surface area contributed by atoms with Gasteiger partial charge in [0.2, 0.25) is 11.9 Å². The third-order valence-electron chi connectivity index (χ3n) is 5.41. The van der Waals surface area contributed by atoms with E-state index in [1.165, 1.54) is 13.8 Å². The van der Waals surface area contributed by atoms with Gasteiger partial charge in [-0.1, -0.05) is 0 Å². The Kier molecular flexibility index (Phi) is 6.24. The summed E-state index contributed by atoms with van der Waals surface area (Å²) in [5.74, 6) is -3.93. The summed E-state index contributed by atoms with van der Waals surface area (Å²) in [7, 11) is 0. The molecule has 0 amide bonds. The van der Waals surface area contributed by atoms with Gasteiger partial charge < -0.3 is 0 Å². The van der Waals surface area contributed by atoms with Crippen LogP contribution in [0.2, 0.25) is 0 Å². The summed E-state index contributed by atoms with van der Waals surface area (Å²) in [6, 6.07) is 5.11. The highest BCUT2D eigenvalue weighted by atomic mass is 19.4. The molecule has 0 bridgehead atoms. The summed E-state index contributed by atoms with van der Waals surface area (Å²) in [5.41, 5.74) is -5.67. The summed E-state index contributed by atoms with van der Waals surface area (Å²) < 4.78 is 123. The average Bonchev–Trinajstić information content (AvgIpc) is 3.29. The van der Waals surface area contributed by atoms with E-state index in [1.807, 2.05) is 0 Å². The van der Waals surface area contributed by atoms with Gasteiger partial charge in [0.1, 0.15) is 5.82 Å². The van der Waals surface area contributed by atoms with Crippen LogP contribution in [0.3, 0.4) is 0 Å². The summed E-state index contributed by atoms with van der Waals surface area (Å²) in [4.78, 5) is 11.2. The fourth-order valence-electron chi connectivity index (χ4n) is 3.41. The molecule has 0 fully saturated rings. The van der Waals surface area contributed by atoms with E-state index in [-0.39, 0.29) is 17.2 Å². The molecule has 5 nitrogen and oxygen atoms in total. The molecular formula is C23H14F9N5. The van der Waals surface area contributed by atoms with E-state index >= 15 is 0 Å². The maximum absolute atomic E-state index is 14.5. The van der Waals surface area contributed by atoms with Crippen molar-refractivity contribution in [2.45, 2.75) is 31.6 Å². The van der Waals surface area contributed by atoms with E-state index < -0.39 is 58.0 Å². The van der Waals surface area contributed by atoms with Crippen molar-refractivity contribution in [1.82, 2.24) is 24.7 Å². The van der Waals surface area contributed by atoms with Gasteiger partial charge in [0.25, 0.3) is 0 Å². The molecule has 0 atom stereocenters. The largest absolute Gasteiger partial charge is 0.435 e. The zero-order valence-electron chi connectivity index (χ0n) is 18.8. The first-order valence-electron chi connectivity index (χ1n) is 10.3. The number of hydrogen-bond donors (Lipinski definition) is 0. The number of rotatable bonds is 4. The Labute approximate surface area is 202 Å². The zero-order valence-corrected chi connectivity index (χ0v) is 18.8. The Morgan fingerprint density at radius 2 is 1.38 bits per heavy atom. The Morgan fingerprint density at radius 3 is 1.97 bits per heavy atom. The van der Waals surface area contributed by atoms with Gasteiger partial charge in [-0.25, -0.2) is 14.1 Å². The highest BCUT2D eigenvalue weighted by molar-refractivity contribution is 5.60. The summed E-state index contributed by atoms with van der Waals surface area (Å²) >= 11 is 0. The normalized spacial score (nSPS) is 12.7. The van der Waals surface area contributed by atoms with Crippen LogP contribution in [-0.4, -0.2) is 24.7 Å². The Hall–Kier alpha value is -3.97. The van der Waals surface area contributed by atoms with Crippen LogP contribution in [0.25, 0.3) is 17.1 Å². The predicted molar refractivity (Wildman–Crippen MR) is 111 cm³/mol. The standard InChI is InChI=1S/C23H14F9N5/c1-21(2,17-9-12(24)10-19(34-17)37-6-5-15(36-37)23(30,31)32)16-8-11(22(27,28)29)7-14(33-16)13-3-4-18(25)35-20(13)26/h3-10H,1-2H3. The molecule has 37 heavy (non-hydrogen) atoms. The molecule has 0 aliphatic rings. The van der Waals surface area contributed by atoms with Crippen molar-refractivity contribution in [3.63, 3.8) is 0 Å². The molecule has 0 N–H and O–H groups in total. The van der Waals surface area contributed by atoms with Gasteiger partial charge in [-0.3, -0.25) is 4.98 Å². The first-order valence-corrected chi connectivity index (χ1v) is 10.3. The van der Waals surface area contributed by atoms with Gasteiger partial charge in [-0.05, 0) is 50.2 Å². The smallest absolute Gasteiger partial charge is 0.252 e. The topological polar surface area (TPSA) is 56.5 Å². The molecule has 4 aromatic heterocycles. The molecule has 0 aliphatic carbocycles. The van der Waals surface area contributed by atoms with E-state index in [0.717, 1.165) is 30.5 Å². The third kappa shape index (κ3) is 5.27. The number of pyridine rings is 3. The Balaban J connectivity index is 1.87. The molecule has 0 radical (unpaired) electrons. The number of hydrogen-bond acceptors (Lipinski definition) is 4. The molecular weight excluding hydrogens is 517 g/mol. The van der Waals surface area contributed by atoms with Crippen LogP contribution in [0.1, 0.15) is 36.5 Å². The molecule has 0 unspecified atom stereocenters. The second kappa shape index (κ2) is 8.85. The van der Waals surface area contributed by atoms with Crippen molar-refractivity contribution in [2.24, 2.45) is 0 Å². The van der Waals surface area contributed by atoms with Gasteiger partial charge in [-0.15, -0.1) is 0 Å². The number of halogens is 9. The van der Waals surface area contributed by atoms with Crippen molar-refractivity contribution in [3.8, 4) is 17.1 Å². The number of nitrogens with zero attached hydrogens (tertiary/aromatic N) is 5. The predicted octanol–water partition coefficient (Wildman–Crippen LogP) is 6.51. The van der Waals surface area contributed by atoms with Crippen LogP contribution in [0.4, 0.5) is 39.5 Å². The van der Waals surface area contributed by atoms with E-state index in [9.17, 15) is 39.5 Å². The molecule has 4 aromatic rings. The highest BCUT2D eigenvalue weighted by Crippen LogP contribution is 2.38. The van der Waals surface area contributed by atoms with E-state index in [4.69, 9.17) is 0 Å². The second-order valence-electron chi connectivity index (χ2n) is 8.39. The van der Waals surface area contributed by atoms with Gasteiger partial charge >= 0.3 is 12.4 Å². The van der Waals surface area contributed by atoms with E-state index in [0.29, 0.717) is 22.9 Å². The SMILES string of the molecule is CC(C)(c1cc(C(F)(F)F)cc(-c2ccc(F)nc2F)n1)c1cc(F)cc(-n2ccc(C(F)(F)F)n2)n1. The van der Waals surface area contributed by atoms with Crippen molar-refractivity contribution in [2.75, 3.05) is 0 Å². The molecule has 0 aromatic carbocycles. The lowest BCUT2D eigenvalue weighted by Crippen LogP contribution is -2.25. The first kappa shape index (κ1) is 26.1. The summed E-state index contributed by atoms with van der Waals surface area (Å²) in [6.07, 6.45) is -8.79. The lowest BCUT2D eigenvalue weighted by molar-refractivity contribution is -0.141. The maximum Gasteiger partial charge on any atom is 0.435 e. The molecule has 4 rings (SSSR count). The van der Waals surface area contributed by atoms with E-state index in [2.05, 4.69) is 20.1 Å². The van der Waals surface area contributed by atoms with Crippen LogP contribution in [-0.2, 0) is 17.8 Å². The molecule has 0 saturated carbocycles. The fraction of sp³-hybridized carbons (Fsp3) is 0.217. The van der Waals surface area contributed by atoms with Crippen molar-refractivity contribution in [3.05, 3.63) is 89.0 Å². The monoisotopic (exact) mass is 531 g/mol. The Bertz CT molecular complexity index is 1470. The molecule has 14 heteroatoms. The van der Waals surface area contributed by atoms with Gasteiger partial charge in [0, 0.05) is 17.7 Å². The number of alkyl halides is 6. The highest BCUT2D eigenvalue weighted by Gasteiger charge is 2.36. The van der Waals surface area contributed by atoms with Crippen LogP contribution in [0, 0.1) is 17.7 Å². The molecule has 4 heterocycles.